The lowest BCUT2D eigenvalue weighted by atomic mass is 9.99. The van der Waals surface area contributed by atoms with Gasteiger partial charge in [-0.3, -0.25) is 0 Å². The van der Waals surface area contributed by atoms with Gasteiger partial charge in [0.15, 0.2) is 0 Å². The summed E-state index contributed by atoms with van der Waals surface area (Å²) in [5, 5.41) is 5.76. The molecule has 0 fully saturated rings. The number of nitrogens with zero attached hydrogens (tertiary/aromatic N) is 2. The smallest absolute Gasteiger partial charge is 0.0505 e. The molecule has 358 valence electrons. The zero-order valence-electron chi connectivity index (χ0n) is 41.9. The molecule has 5 rings (SSSR count). The minimum absolute atomic E-state index is 0.520. The van der Waals surface area contributed by atoms with Crippen LogP contribution < -0.4 is 0 Å². The van der Waals surface area contributed by atoms with Gasteiger partial charge in [0.1, 0.15) is 0 Å². The number of benzene rings is 3. The van der Waals surface area contributed by atoms with E-state index in [1.807, 2.05) is 0 Å². The topological polar surface area (TPSA) is 9.86 Å². The fourth-order valence-corrected chi connectivity index (χ4v) is 11.9. The van der Waals surface area contributed by atoms with Gasteiger partial charge in [-0.05, 0) is 62.1 Å². The highest BCUT2D eigenvalue weighted by Crippen LogP contribution is 2.43. The van der Waals surface area contributed by atoms with E-state index in [2.05, 4.69) is 117 Å². The summed E-state index contributed by atoms with van der Waals surface area (Å²) in [6.07, 6.45) is 49.3. The molecule has 4 heteroatoms. The number of halogens is 2. The normalized spacial score (nSPS) is 12.2. The zero-order chi connectivity index (χ0) is 45.2. The summed E-state index contributed by atoms with van der Waals surface area (Å²) in [5.74, 6) is 0. The van der Waals surface area contributed by atoms with Crippen molar-refractivity contribution in [2.24, 2.45) is 0 Å². The third-order valence-electron chi connectivity index (χ3n) is 14.9. The van der Waals surface area contributed by atoms with Gasteiger partial charge >= 0.3 is 0 Å². The molecule has 0 aliphatic rings. The van der Waals surface area contributed by atoms with Gasteiger partial charge in [-0.25, -0.2) is 0 Å². The minimum Gasteiger partial charge on any atom is -0.337 e. The predicted molar refractivity (Wildman–Crippen MR) is 295 cm³/mol. The predicted octanol–water partition coefficient (Wildman–Crippen LogP) is 22.6. The molecular formula is C60H94Br2N2. The molecule has 0 aliphatic heterocycles. The largest absolute Gasteiger partial charge is 0.337 e. The fraction of sp³-hybridized carbons (Fsp3) is 0.700. The standard InChI is InChI=1S/C60H94Br2N2/c1-5-9-13-17-21-25-29-33-37-51(38-34-30-26-22-18-14-10-6-2)63-57-45-49(61)41-43-53(57)55-48-60-56(47-59(55)63)54-44-42-50(62)46-58(54)64(60)52(39-35-31-27-23-19-15-11-7-3)40-36-32-28-24-20-16-12-8-4/h41-48,51-52H,5-40H2,1-4H3. The van der Waals surface area contributed by atoms with Gasteiger partial charge in [0.2, 0.25) is 0 Å². The summed E-state index contributed by atoms with van der Waals surface area (Å²) in [6, 6.07) is 20.7. The van der Waals surface area contributed by atoms with Crippen molar-refractivity contribution < 1.29 is 0 Å². The minimum atomic E-state index is 0.520. The number of hydrogen-bond donors (Lipinski definition) is 0. The molecule has 0 saturated heterocycles. The van der Waals surface area contributed by atoms with Crippen molar-refractivity contribution in [3.8, 4) is 0 Å². The number of fused-ring (bicyclic) bond motifs is 6. The average molecular weight is 1000 g/mol. The van der Waals surface area contributed by atoms with Gasteiger partial charge in [0.05, 0.1) is 22.1 Å². The van der Waals surface area contributed by atoms with Gasteiger partial charge in [-0.15, -0.1) is 0 Å². The number of hydrogen-bond acceptors (Lipinski definition) is 0. The lowest BCUT2D eigenvalue weighted by Gasteiger charge is -2.23. The summed E-state index contributed by atoms with van der Waals surface area (Å²) in [5.41, 5.74) is 5.76. The van der Waals surface area contributed by atoms with Crippen molar-refractivity contribution in [2.45, 2.75) is 271 Å². The van der Waals surface area contributed by atoms with E-state index >= 15 is 0 Å². The monoisotopic (exact) mass is 1000 g/mol. The first kappa shape index (κ1) is 53.2. The summed E-state index contributed by atoms with van der Waals surface area (Å²) >= 11 is 7.91. The van der Waals surface area contributed by atoms with Crippen molar-refractivity contribution >= 4 is 75.5 Å². The third-order valence-corrected chi connectivity index (χ3v) is 15.9. The molecule has 0 saturated carbocycles. The van der Waals surface area contributed by atoms with Crippen LogP contribution in [0, 0.1) is 0 Å². The molecule has 2 aromatic heterocycles. The van der Waals surface area contributed by atoms with Crippen LogP contribution in [0.25, 0.3) is 43.6 Å². The Hall–Kier alpha value is -1.78. The highest BCUT2D eigenvalue weighted by atomic mass is 79.9. The van der Waals surface area contributed by atoms with E-state index in [9.17, 15) is 0 Å². The average Bonchev–Trinajstić information content (AvgIpc) is 3.77. The van der Waals surface area contributed by atoms with Crippen molar-refractivity contribution in [1.82, 2.24) is 9.13 Å². The third kappa shape index (κ3) is 16.8. The molecule has 0 N–H and O–H groups in total. The quantitative estimate of drug-likeness (QED) is 0.0349. The van der Waals surface area contributed by atoms with E-state index in [4.69, 9.17) is 0 Å². The van der Waals surface area contributed by atoms with E-state index < -0.39 is 0 Å². The molecule has 0 spiro atoms. The Morgan fingerprint density at radius 1 is 0.297 bits per heavy atom. The van der Waals surface area contributed by atoms with Gasteiger partial charge in [0, 0.05) is 42.6 Å². The van der Waals surface area contributed by atoms with Gasteiger partial charge in [0.25, 0.3) is 0 Å². The van der Waals surface area contributed by atoms with Crippen LogP contribution in [-0.4, -0.2) is 9.13 Å². The Balaban J connectivity index is 1.50. The van der Waals surface area contributed by atoms with Crippen LogP contribution in [0.4, 0.5) is 0 Å². The molecule has 0 aliphatic carbocycles. The maximum atomic E-state index is 3.96. The summed E-state index contributed by atoms with van der Waals surface area (Å²) in [6.45, 7) is 9.32. The summed E-state index contributed by atoms with van der Waals surface area (Å²) in [4.78, 5) is 0. The Morgan fingerprint density at radius 3 is 0.797 bits per heavy atom. The van der Waals surface area contributed by atoms with Crippen LogP contribution in [-0.2, 0) is 0 Å². The highest BCUT2D eigenvalue weighted by molar-refractivity contribution is 9.10. The molecule has 0 atom stereocenters. The molecule has 0 radical (unpaired) electrons. The lowest BCUT2D eigenvalue weighted by molar-refractivity contribution is 0.408. The van der Waals surface area contributed by atoms with E-state index in [1.54, 1.807) is 0 Å². The molecule has 0 amide bonds. The SMILES string of the molecule is CCCCCCCCCCC(CCCCCCCCCC)n1c2cc(Br)ccc2c2cc3c(cc21)c1ccc(Br)cc1n3C(CCCCCCCCCC)CCCCCCCCCC. The Bertz CT molecular complexity index is 1820. The first-order chi connectivity index (χ1) is 31.5. The van der Waals surface area contributed by atoms with E-state index in [-0.39, 0.29) is 0 Å². The molecule has 3 aromatic carbocycles. The van der Waals surface area contributed by atoms with Crippen LogP contribution >= 0.6 is 31.9 Å². The summed E-state index contributed by atoms with van der Waals surface area (Å²) in [7, 11) is 0. The van der Waals surface area contributed by atoms with Crippen molar-refractivity contribution in [3.05, 3.63) is 57.5 Å². The maximum Gasteiger partial charge on any atom is 0.0505 e. The first-order valence-corrected chi connectivity index (χ1v) is 29.5. The first-order valence-electron chi connectivity index (χ1n) is 27.9. The maximum absolute atomic E-state index is 3.96. The van der Waals surface area contributed by atoms with E-state index in [1.165, 1.54) is 284 Å². The second-order valence-corrected chi connectivity index (χ2v) is 22.1. The second-order valence-electron chi connectivity index (χ2n) is 20.3. The number of unbranched alkanes of at least 4 members (excludes halogenated alkanes) is 28. The lowest BCUT2D eigenvalue weighted by Crippen LogP contribution is -2.10. The van der Waals surface area contributed by atoms with Crippen LogP contribution in [0.5, 0.6) is 0 Å². The van der Waals surface area contributed by atoms with Gasteiger partial charge in [-0.2, -0.15) is 0 Å². The van der Waals surface area contributed by atoms with Gasteiger partial charge in [-0.1, -0.05) is 277 Å². The van der Waals surface area contributed by atoms with Crippen molar-refractivity contribution in [3.63, 3.8) is 0 Å². The second kappa shape index (κ2) is 31.3. The molecule has 0 bridgehead atoms. The molecule has 2 nitrogen and oxygen atoms in total. The molecule has 0 unspecified atom stereocenters. The Morgan fingerprint density at radius 2 is 0.531 bits per heavy atom. The number of rotatable bonds is 38. The van der Waals surface area contributed by atoms with Crippen LogP contribution in [0.2, 0.25) is 0 Å². The molecule has 2 heterocycles. The Labute approximate surface area is 410 Å². The highest BCUT2D eigenvalue weighted by Gasteiger charge is 2.24. The van der Waals surface area contributed by atoms with Gasteiger partial charge < -0.3 is 9.13 Å². The molecular weight excluding hydrogens is 908 g/mol. The summed E-state index contributed by atoms with van der Waals surface area (Å²) < 4.78 is 8.08. The molecule has 64 heavy (non-hydrogen) atoms. The van der Waals surface area contributed by atoms with E-state index in [0.29, 0.717) is 12.1 Å². The fourth-order valence-electron chi connectivity index (χ4n) is 11.2. The van der Waals surface area contributed by atoms with Crippen LogP contribution in [0.1, 0.15) is 271 Å². The number of aromatic nitrogens is 2. The van der Waals surface area contributed by atoms with E-state index in [0.717, 1.165) is 0 Å². The zero-order valence-corrected chi connectivity index (χ0v) is 45.1. The molecule has 5 aromatic rings. The van der Waals surface area contributed by atoms with Crippen LogP contribution in [0.3, 0.4) is 0 Å². The van der Waals surface area contributed by atoms with Crippen molar-refractivity contribution in [2.75, 3.05) is 0 Å². The Kier molecular flexibility index (Phi) is 26.0. The van der Waals surface area contributed by atoms with Crippen LogP contribution in [0.15, 0.2) is 57.5 Å². The van der Waals surface area contributed by atoms with Crippen molar-refractivity contribution in [1.29, 1.82) is 0 Å².